The summed E-state index contributed by atoms with van der Waals surface area (Å²) in [6.45, 7) is 51.6. The van der Waals surface area contributed by atoms with E-state index in [-0.39, 0.29) is 60.6 Å². The minimum atomic E-state index is -0.286. The predicted molar refractivity (Wildman–Crippen MR) is 382 cm³/mol. The van der Waals surface area contributed by atoms with Crippen molar-refractivity contribution in [3.63, 3.8) is 0 Å². The third kappa shape index (κ3) is 13.2. The number of phenols is 4. The molecule has 0 heterocycles. The lowest BCUT2D eigenvalue weighted by molar-refractivity contribution is -0.114. The first kappa shape index (κ1) is 67.5. The van der Waals surface area contributed by atoms with Gasteiger partial charge in [-0.3, -0.25) is 0 Å². The zero-order valence-corrected chi connectivity index (χ0v) is 60.9. The van der Waals surface area contributed by atoms with Gasteiger partial charge in [0.2, 0.25) is 0 Å². The van der Waals surface area contributed by atoms with Crippen LogP contribution < -0.4 is 9.47 Å². The van der Waals surface area contributed by atoms with Crippen molar-refractivity contribution in [1.29, 1.82) is 0 Å². The molecule has 6 saturated carbocycles. The lowest BCUT2D eigenvalue weighted by atomic mass is 9.46. The average molecular weight is 1250 g/mol. The van der Waals surface area contributed by atoms with E-state index in [1.54, 1.807) is 0 Å². The Balaban J connectivity index is 1.19. The van der Waals surface area contributed by atoms with Gasteiger partial charge in [0.1, 0.15) is 34.5 Å². The first-order chi connectivity index (χ1) is 42.5. The van der Waals surface area contributed by atoms with E-state index < -0.39 is 0 Å². The van der Waals surface area contributed by atoms with Gasteiger partial charge in [-0.1, -0.05) is 225 Å². The van der Waals surface area contributed by atoms with Crippen molar-refractivity contribution in [1.82, 2.24) is 0 Å². The Labute approximate surface area is 555 Å². The summed E-state index contributed by atoms with van der Waals surface area (Å²) in [6, 6.07) is 26.9. The molecule has 4 N–H and O–H groups in total. The van der Waals surface area contributed by atoms with Crippen molar-refractivity contribution in [3.05, 3.63) is 173 Å². The predicted octanol–water partition coefficient (Wildman–Crippen LogP) is 21.1. The molecular weight excluding hydrogens is 1130 g/mol. The van der Waals surface area contributed by atoms with Crippen molar-refractivity contribution >= 4 is 0 Å². The van der Waals surface area contributed by atoms with Crippen LogP contribution in [-0.2, 0) is 71.0 Å². The SMILES string of the molecule is CC(C)(C)c1cc2c(O)c(c1)Cc1cc(C(C)(C)C)cc(c1O)Cc1cc(C(C)(C)C)cc(c1OC[C@@H]1CC[C@@H]3C[C@H]1C3(C)C)Cc1cc(C(C)(C)C)cc(c1O)Cc1cc(C(C)(C)C)cc(c1OC[C@@H]1CC[C@@H]3C[C@H]1C3(C)C)Cc1cc(C(C)(C)C)cc(c1O)C2. The van der Waals surface area contributed by atoms with Gasteiger partial charge in [-0.15, -0.1) is 0 Å². The Kier molecular flexibility index (Phi) is 17.2. The zero-order chi connectivity index (χ0) is 67.1. The maximum Gasteiger partial charge on any atom is 0.126 e. The Bertz CT molecular complexity index is 3570. The Morgan fingerprint density at radius 3 is 0.663 bits per heavy atom. The van der Waals surface area contributed by atoms with Gasteiger partial charge >= 0.3 is 0 Å². The van der Waals surface area contributed by atoms with Gasteiger partial charge in [0, 0.05) is 38.5 Å². The molecule has 6 nitrogen and oxygen atoms in total. The summed E-state index contributed by atoms with van der Waals surface area (Å²) in [5, 5.41) is 52.5. The van der Waals surface area contributed by atoms with Crippen LogP contribution in [0.4, 0.5) is 0 Å². The van der Waals surface area contributed by atoms with Gasteiger partial charge < -0.3 is 29.9 Å². The summed E-state index contributed by atoms with van der Waals surface area (Å²) in [4.78, 5) is 0. The van der Waals surface area contributed by atoms with E-state index >= 15 is 0 Å². The van der Waals surface area contributed by atoms with Crippen molar-refractivity contribution in [2.24, 2.45) is 46.3 Å². The number of hydrogen-bond donors (Lipinski definition) is 4. The highest BCUT2D eigenvalue weighted by molar-refractivity contribution is 5.61. The highest BCUT2D eigenvalue weighted by Gasteiger charge is 2.55. The van der Waals surface area contributed by atoms with E-state index in [4.69, 9.17) is 9.47 Å². The molecule has 6 aromatic carbocycles. The molecule has 6 aromatic rings. The maximum absolute atomic E-state index is 13.4. The van der Waals surface area contributed by atoms with Gasteiger partial charge in [0.25, 0.3) is 0 Å². The van der Waals surface area contributed by atoms with E-state index in [1.165, 1.54) is 36.8 Å². The quantitative estimate of drug-likeness (QED) is 0.132. The Morgan fingerprint density at radius 1 is 0.304 bits per heavy atom. The third-order valence-electron chi connectivity index (χ3n) is 23.9. The fourth-order valence-electron chi connectivity index (χ4n) is 17.1. The Morgan fingerprint density at radius 2 is 0.489 bits per heavy atom. The summed E-state index contributed by atoms with van der Waals surface area (Å²) in [5.74, 6) is 6.17. The van der Waals surface area contributed by atoms with E-state index in [1.807, 2.05) is 0 Å². The number of aromatic hydroxyl groups is 4. The molecule has 0 spiro atoms. The molecule has 0 aromatic heterocycles. The van der Waals surface area contributed by atoms with E-state index in [9.17, 15) is 20.4 Å². The molecule has 7 aliphatic rings. The van der Waals surface area contributed by atoms with Crippen LogP contribution >= 0.6 is 0 Å². The van der Waals surface area contributed by atoms with Crippen molar-refractivity contribution in [2.45, 2.75) is 262 Å². The minimum Gasteiger partial charge on any atom is -0.507 e. The van der Waals surface area contributed by atoms with Crippen LogP contribution in [0.1, 0.15) is 291 Å². The van der Waals surface area contributed by atoms with Crippen LogP contribution in [0.5, 0.6) is 34.5 Å². The molecule has 6 heteroatoms. The molecular formula is C86H116O6. The van der Waals surface area contributed by atoms with Crippen molar-refractivity contribution in [2.75, 3.05) is 13.2 Å². The van der Waals surface area contributed by atoms with Crippen LogP contribution in [-0.4, -0.2) is 33.6 Å². The number of fused-ring (bicyclic) bond motifs is 16. The highest BCUT2D eigenvalue weighted by Crippen LogP contribution is 2.63. The van der Waals surface area contributed by atoms with Crippen LogP contribution in [0.15, 0.2) is 72.8 Å². The van der Waals surface area contributed by atoms with Crippen LogP contribution in [0.25, 0.3) is 0 Å². The summed E-state index contributed by atoms with van der Waals surface area (Å²) in [6.07, 6.45) is 9.54. The smallest absolute Gasteiger partial charge is 0.126 e. The zero-order valence-electron chi connectivity index (χ0n) is 60.9. The Hall–Kier alpha value is -5.88. The first-order valence-electron chi connectivity index (χ1n) is 35.5. The third-order valence-corrected chi connectivity index (χ3v) is 23.9. The van der Waals surface area contributed by atoms with E-state index in [0.717, 1.165) is 125 Å². The summed E-state index contributed by atoms with van der Waals surface area (Å²) < 4.78 is 15.1. The maximum atomic E-state index is 13.4. The lowest BCUT2D eigenvalue weighted by Gasteiger charge is -2.60. The molecule has 92 heavy (non-hydrogen) atoms. The standard InChI is InChI=1S/C86H116O6/c1-79(2,3)65-33-51-27-53-35-66(80(4,5)6)37-55(74(53)88)29-59-41-69(83(13,14)15)43-61(77(59)91-47-49-23-25-63-45-71(49)85(63,19)20)31-57-39-68(82(10,11)12)40-58(76(57)90)32-62-44-70(84(16,17)18)42-60(78(62)92-48-50-24-26-64-46-72(50)86(64,21)22)30-56-38-67(81(7,8)9)36-54(75(56)89)28-52(34-65)73(51)87/h33-44,49-50,63-64,71-72,87-90H,23-32,45-48H2,1-22H3/t49-,50-,63+,64+,71+,72+/m0/s1. The second kappa shape index (κ2) is 23.5. The fourth-order valence-corrected chi connectivity index (χ4v) is 17.1. The number of ether oxygens (including phenoxy) is 2. The molecule has 7 aliphatic carbocycles. The average Bonchev–Trinajstić information content (AvgIpc) is 0.745. The summed E-state index contributed by atoms with van der Waals surface area (Å²) in [7, 11) is 0. The lowest BCUT2D eigenvalue weighted by Crippen LogP contribution is -2.53. The molecule has 0 unspecified atom stereocenters. The second-order valence-electron chi connectivity index (χ2n) is 37.4. The van der Waals surface area contributed by atoms with Gasteiger partial charge in [0.15, 0.2) is 0 Å². The molecule has 496 valence electrons. The van der Waals surface area contributed by atoms with Crippen LogP contribution in [0.2, 0.25) is 0 Å². The topological polar surface area (TPSA) is 99.4 Å². The van der Waals surface area contributed by atoms with Crippen LogP contribution in [0, 0.1) is 46.3 Å². The number of phenolic OH excluding ortho intramolecular Hbond substituents is 4. The highest BCUT2D eigenvalue weighted by atomic mass is 16.5. The molecule has 0 radical (unpaired) electrons. The van der Waals surface area contributed by atoms with Gasteiger partial charge in [-0.25, -0.2) is 0 Å². The largest absolute Gasteiger partial charge is 0.507 e. The number of benzene rings is 6. The van der Waals surface area contributed by atoms with Gasteiger partial charge in [0.05, 0.1) is 13.2 Å². The molecule has 13 rings (SSSR count). The molecule has 6 atom stereocenters. The van der Waals surface area contributed by atoms with Gasteiger partial charge in [-0.05, 0) is 217 Å². The second-order valence-corrected chi connectivity index (χ2v) is 37.4. The molecule has 16 bridgehead atoms. The normalized spacial score (nSPS) is 22.4. The van der Waals surface area contributed by atoms with Crippen molar-refractivity contribution < 1.29 is 29.9 Å². The minimum absolute atomic E-state index is 0.182. The number of rotatable bonds is 6. The molecule has 0 saturated heterocycles. The summed E-state index contributed by atoms with van der Waals surface area (Å²) >= 11 is 0. The van der Waals surface area contributed by atoms with Crippen LogP contribution in [0.3, 0.4) is 0 Å². The van der Waals surface area contributed by atoms with Crippen molar-refractivity contribution in [3.8, 4) is 34.5 Å². The monoisotopic (exact) mass is 1240 g/mol. The fraction of sp³-hybridized carbons (Fsp3) is 0.581. The van der Waals surface area contributed by atoms with E-state index in [2.05, 4.69) is 225 Å². The summed E-state index contributed by atoms with van der Waals surface area (Å²) in [5.41, 5.74) is 16.1. The van der Waals surface area contributed by atoms with Gasteiger partial charge in [-0.2, -0.15) is 0 Å². The molecule has 0 amide bonds. The molecule has 6 fully saturated rings. The van der Waals surface area contributed by atoms with E-state index in [0.29, 0.717) is 81.2 Å². The first-order valence-corrected chi connectivity index (χ1v) is 35.5. The molecule has 0 aliphatic heterocycles. The number of hydrogen-bond acceptors (Lipinski definition) is 6.